The summed E-state index contributed by atoms with van der Waals surface area (Å²) in [4.78, 5) is 7.12. The molecule has 1 aliphatic rings. The van der Waals surface area contributed by atoms with Crippen LogP contribution in [-0.4, -0.2) is 22.9 Å². The summed E-state index contributed by atoms with van der Waals surface area (Å²) in [5.41, 5.74) is 1.49. The number of pyridine rings is 1. The van der Waals surface area contributed by atoms with Gasteiger partial charge in [-0.2, -0.15) is 0 Å². The van der Waals surface area contributed by atoms with Gasteiger partial charge in [0.1, 0.15) is 5.82 Å². The first-order valence-corrected chi connectivity index (χ1v) is 7.93. The lowest BCUT2D eigenvalue weighted by Crippen LogP contribution is -2.41. The van der Waals surface area contributed by atoms with E-state index in [2.05, 4.69) is 58.7 Å². The molecular formula is C15H23BrN2. The molecule has 1 fully saturated rings. The van der Waals surface area contributed by atoms with Gasteiger partial charge in [-0.15, -0.1) is 0 Å². The molecule has 1 aliphatic carbocycles. The lowest BCUT2D eigenvalue weighted by Gasteiger charge is -2.38. The van der Waals surface area contributed by atoms with Gasteiger partial charge in [0.15, 0.2) is 0 Å². The van der Waals surface area contributed by atoms with Crippen LogP contribution in [-0.2, 0) is 5.41 Å². The third kappa shape index (κ3) is 3.05. The molecule has 0 atom stereocenters. The van der Waals surface area contributed by atoms with Crippen LogP contribution in [0.4, 0.5) is 5.82 Å². The Bertz CT molecular complexity index is 376. The van der Waals surface area contributed by atoms with Gasteiger partial charge in [0.05, 0.1) is 0 Å². The van der Waals surface area contributed by atoms with Crippen molar-refractivity contribution in [2.75, 3.05) is 16.8 Å². The Balaban J connectivity index is 2.15. The third-order valence-electron chi connectivity index (χ3n) is 3.75. The zero-order chi connectivity index (χ0) is 13.2. The van der Waals surface area contributed by atoms with Crippen LogP contribution >= 0.6 is 15.9 Å². The molecule has 1 saturated carbocycles. The van der Waals surface area contributed by atoms with Gasteiger partial charge in [-0.25, -0.2) is 4.98 Å². The molecule has 0 N–H and O–H groups in total. The van der Waals surface area contributed by atoms with Crippen LogP contribution in [0.5, 0.6) is 0 Å². The van der Waals surface area contributed by atoms with E-state index in [1.807, 2.05) is 6.20 Å². The van der Waals surface area contributed by atoms with Crippen molar-refractivity contribution in [3.8, 4) is 0 Å². The molecule has 3 heteroatoms. The van der Waals surface area contributed by atoms with E-state index >= 15 is 0 Å². The van der Waals surface area contributed by atoms with Gasteiger partial charge in [0.25, 0.3) is 0 Å². The average molecular weight is 311 g/mol. The molecule has 0 unspecified atom stereocenters. The normalized spacial score (nSPS) is 16.4. The van der Waals surface area contributed by atoms with Crippen molar-refractivity contribution in [1.82, 2.24) is 4.98 Å². The summed E-state index contributed by atoms with van der Waals surface area (Å²) in [6.07, 6.45) is 6.03. The maximum atomic E-state index is 4.67. The highest BCUT2D eigenvalue weighted by Crippen LogP contribution is 2.29. The van der Waals surface area contributed by atoms with E-state index in [4.69, 9.17) is 0 Å². The molecule has 0 radical (unpaired) electrons. The van der Waals surface area contributed by atoms with Gasteiger partial charge in [-0.05, 0) is 36.3 Å². The fourth-order valence-electron chi connectivity index (χ4n) is 2.27. The van der Waals surface area contributed by atoms with Crippen molar-refractivity contribution in [2.45, 2.75) is 51.5 Å². The van der Waals surface area contributed by atoms with Crippen molar-refractivity contribution in [2.24, 2.45) is 0 Å². The number of halogens is 1. The largest absolute Gasteiger partial charge is 0.353 e. The van der Waals surface area contributed by atoms with Crippen LogP contribution < -0.4 is 4.90 Å². The fraction of sp³-hybridized carbons (Fsp3) is 0.667. The summed E-state index contributed by atoms with van der Waals surface area (Å²) in [6.45, 7) is 7.73. The van der Waals surface area contributed by atoms with Gasteiger partial charge in [-0.3, -0.25) is 0 Å². The summed E-state index contributed by atoms with van der Waals surface area (Å²) < 4.78 is 0. The van der Waals surface area contributed by atoms with E-state index in [1.165, 1.54) is 24.8 Å². The molecule has 18 heavy (non-hydrogen) atoms. The Kier molecular flexibility index (Phi) is 4.31. The lowest BCUT2D eigenvalue weighted by atomic mass is 9.88. The minimum Gasteiger partial charge on any atom is -0.353 e. The molecule has 1 heterocycles. The molecule has 1 aromatic heterocycles. The minimum absolute atomic E-state index is 0.183. The van der Waals surface area contributed by atoms with Gasteiger partial charge in [-0.1, -0.05) is 42.8 Å². The molecule has 0 amide bonds. The van der Waals surface area contributed by atoms with E-state index in [0.717, 1.165) is 17.7 Å². The van der Waals surface area contributed by atoms with Crippen LogP contribution in [0.15, 0.2) is 18.3 Å². The van der Waals surface area contributed by atoms with Crippen molar-refractivity contribution in [3.05, 3.63) is 23.9 Å². The quantitative estimate of drug-likeness (QED) is 0.777. The van der Waals surface area contributed by atoms with E-state index in [9.17, 15) is 0 Å². The van der Waals surface area contributed by atoms with Gasteiger partial charge >= 0.3 is 0 Å². The van der Waals surface area contributed by atoms with Crippen LogP contribution in [0.3, 0.4) is 0 Å². The predicted molar refractivity (Wildman–Crippen MR) is 81.7 cm³/mol. The first-order chi connectivity index (χ1) is 8.52. The van der Waals surface area contributed by atoms with Gasteiger partial charge in [0, 0.05) is 24.1 Å². The second-order valence-corrected chi connectivity index (χ2v) is 6.92. The Morgan fingerprint density at radius 1 is 1.33 bits per heavy atom. The molecule has 0 saturated heterocycles. The van der Waals surface area contributed by atoms with Crippen molar-refractivity contribution < 1.29 is 0 Å². The van der Waals surface area contributed by atoms with Crippen LogP contribution in [0, 0.1) is 0 Å². The molecule has 2 nitrogen and oxygen atoms in total. The van der Waals surface area contributed by atoms with Crippen molar-refractivity contribution >= 4 is 21.7 Å². The van der Waals surface area contributed by atoms with Crippen LogP contribution in [0.25, 0.3) is 0 Å². The number of anilines is 1. The smallest absolute Gasteiger partial charge is 0.128 e. The maximum Gasteiger partial charge on any atom is 0.128 e. The monoisotopic (exact) mass is 310 g/mol. The Hall–Kier alpha value is -0.570. The second kappa shape index (κ2) is 5.60. The number of hydrogen-bond acceptors (Lipinski definition) is 2. The highest BCUT2D eigenvalue weighted by Gasteiger charge is 2.25. The van der Waals surface area contributed by atoms with Crippen molar-refractivity contribution in [3.63, 3.8) is 0 Å². The molecule has 0 spiro atoms. The molecule has 1 aromatic rings. The number of aromatic nitrogens is 1. The standard InChI is InChI=1S/C15H23BrN2/c1-15(2,3)12-7-8-14(17-11-12)18(10-9-16)13-5-4-6-13/h7-8,11,13H,4-6,9-10H2,1-3H3. The summed E-state index contributed by atoms with van der Waals surface area (Å²) in [5, 5.41) is 1.01. The SMILES string of the molecule is CC(C)(C)c1ccc(N(CCBr)C2CCC2)nc1. The fourth-order valence-corrected chi connectivity index (χ4v) is 2.66. The summed E-state index contributed by atoms with van der Waals surface area (Å²) >= 11 is 3.55. The highest BCUT2D eigenvalue weighted by atomic mass is 79.9. The number of hydrogen-bond donors (Lipinski definition) is 0. The minimum atomic E-state index is 0.183. The number of alkyl halides is 1. The van der Waals surface area contributed by atoms with Crippen molar-refractivity contribution in [1.29, 1.82) is 0 Å². The van der Waals surface area contributed by atoms with Crippen LogP contribution in [0.1, 0.15) is 45.6 Å². The lowest BCUT2D eigenvalue weighted by molar-refractivity contribution is 0.389. The molecule has 2 rings (SSSR count). The molecule has 100 valence electrons. The molecule has 0 bridgehead atoms. The Morgan fingerprint density at radius 2 is 2.06 bits per heavy atom. The topological polar surface area (TPSA) is 16.1 Å². The summed E-state index contributed by atoms with van der Waals surface area (Å²) in [7, 11) is 0. The summed E-state index contributed by atoms with van der Waals surface area (Å²) in [6, 6.07) is 5.11. The van der Waals surface area contributed by atoms with Gasteiger partial charge in [0.2, 0.25) is 0 Å². The first-order valence-electron chi connectivity index (χ1n) is 6.81. The first kappa shape index (κ1) is 13.9. The van der Waals surface area contributed by atoms with E-state index in [1.54, 1.807) is 0 Å². The zero-order valence-electron chi connectivity index (χ0n) is 11.6. The highest BCUT2D eigenvalue weighted by molar-refractivity contribution is 9.09. The molecular weight excluding hydrogens is 288 g/mol. The second-order valence-electron chi connectivity index (χ2n) is 6.12. The zero-order valence-corrected chi connectivity index (χ0v) is 13.2. The molecule has 0 aromatic carbocycles. The predicted octanol–water partition coefficient (Wildman–Crippen LogP) is 4.13. The average Bonchev–Trinajstić information content (AvgIpc) is 2.25. The molecule has 0 aliphatic heterocycles. The van der Waals surface area contributed by atoms with E-state index in [0.29, 0.717) is 6.04 Å². The maximum absolute atomic E-state index is 4.67. The number of nitrogens with zero attached hydrogens (tertiary/aromatic N) is 2. The van der Waals surface area contributed by atoms with E-state index < -0.39 is 0 Å². The third-order valence-corrected chi connectivity index (χ3v) is 4.10. The summed E-state index contributed by atoms with van der Waals surface area (Å²) in [5.74, 6) is 1.13. The van der Waals surface area contributed by atoms with Gasteiger partial charge < -0.3 is 4.90 Å². The Morgan fingerprint density at radius 3 is 2.44 bits per heavy atom. The van der Waals surface area contributed by atoms with E-state index in [-0.39, 0.29) is 5.41 Å². The van der Waals surface area contributed by atoms with Crippen LogP contribution in [0.2, 0.25) is 0 Å². The Labute approximate surface area is 119 Å². The number of rotatable bonds is 4.